The van der Waals surface area contributed by atoms with Crippen molar-refractivity contribution in [2.24, 2.45) is 5.92 Å². The third kappa shape index (κ3) is 9.34. The number of hydrogen-bond acceptors (Lipinski definition) is 9. The van der Waals surface area contributed by atoms with Crippen LogP contribution in [0.1, 0.15) is 39.5 Å². The first kappa shape index (κ1) is 29.5. The molecule has 3 aromatic rings. The van der Waals surface area contributed by atoms with Crippen LogP contribution in [0.4, 0.5) is 22.0 Å². The van der Waals surface area contributed by atoms with E-state index in [1.165, 1.54) is 43.2 Å². The first-order chi connectivity index (χ1) is 19.4. The summed E-state index contributed by atoms with van der Waals surface area (Å²) in [6.45, 7) is 7.76. The molecule has 0 bridgehead atoms. The molecule has 3 N–H and O–H groups in total. The van der Waals surface area contributed by atoms with Crippen molar-refractivity contribution in [1.82, 2.24) is 25.2 Å². The summed E-state index contributed by atoms with van der Waals surface area (Å²) >= 11 is 1.35. The Morgan fingerprint density at radius 2 is 1.80 bits per heavy atom. The summed E-state index contributed by atoms with van der Waals surface area (Å²) in [6.07, 6.45) is 4.32. The second-order valence-corrected chi connectivity index (χ2v) is 11.2. The Balaban J connectivity index is 1.52. The molecule has 1 saturated heterocycles. The van der Waals surface area contributed by atoms with Gasteiger partial charge in [-0.1, -0.05) is 26.3 Å². The molecule has 0 spiro atoms. The van der Waals surface area contributed by atoms with Gasteiger partial charge in [0.25, 0.3) is 0 Å². The average Bonchev–Trinajstić information content (AvgIpc) is 2.93. The first-order valence-corrected chi connectivity index (χ1v) is 14.6. The molecule has 1 atom stereocenters. The Bertz CT molecular complexity index is 1240. The zero-order chi connectivity index (χ0) is 28.3. The monoisotopic (exact) mass is 567 g/mol. The zero-order valence-corrected chi connectivity index (χ0v) is 24.1. The van der Waals surface area contributed by atoms with Gasteiger partial charge in [0, 0.05) is 23.7 Å². The van der Waals surface area contributed by atoms with Crippen LogP contribution in [0.25, 0.3) is 0 Å². The number of amides is 1. The van der Waals surface area contributed by atoms with Crippen LogP contribution < -0.4 is 20.7 Å². The topological polar surface area (TPSA) is 104 Å². The molecule has 1 aromatic heterocycles. The fourth-order valence-corrected chi connectivity index (χ4v) is 5.22. The Morgan fingerprint density at radius 1 is 1.05 bits per heavy atom. The van der Waals surface area contributed by atoms with Gasteiger partial charge in [-0.05, 0) is 92.5 Å². The van der Waals surface area contributed by atoms with E-state index in [1.807, 2.05) is 24.3 Å². The maximum Gasteiger partial charge on any atom is 0.242 e. The van der Waals surface area contributed by atoms with Gasteiger partial charge in [-0.3, -0.25) is 4.79 Å². The number of halogens is 1. The lowest BCUT2D eigenvalue weighted by Crippen LogP contribution is -2.44. The number of benzene rings is 2. The number of rotatable bonds is 13. The molecular formula is C29H38FN7O2S. The largest absolute Gasteiger partial charge is 0.497 e. The second-order valence-electron chi connectivity index (χ2n) is 10.2. The number of nitrogens with one attached hydrogen (secondary N) is 3. The molecule has 0 unspecified atom stereocenters. The number of methoxy groups -OCH3 is 1. The number of nitrogens with zero attached hydrogens (tertiary/aromatic N) is 4. The Morgan fingerprint density at radius 3 is 2.50 bits per heavy atom. The summed E-state index contributed by atoms with van der Waals surface area (Å²) in [7, 11) is 1.62. The van der Waals surface area contributed by atoms with Gasteiger partial charge in [0.05, 0.1) is 7.11 Å². The lowest BCUT2D eigenvalue weighted by molar-refractivity contribution is -0.122. The highest BCUT2D eigenvalue weighted by Gasteiger charge is 2.22. The molecule has 214 valence electrons. The van der Waals surface area contributed by atoms with Gasteiger partial charge in [-0.2, -0.15) is 15.0 Å². The lowest BCUT2D eigenvalue weighted by atomic mass is 10.0. The van der Waals surface area contributed by atoms with Crippen molar-refractivity contribution in [1.29, 1.82) is 0 Å². The van der Waals surface area contributed by atoms with Crippen molar-refractivity contribution < 1.29 is 13.9 Å². The van der Waals surface area contributed by atoms with Crippen LogP contribution in [0.5, 0.6) is 5.75 Å². The van der Waals surface area contributed by atoms with Crippen LogP contribution in [0.2, 0.25) is 0 Å². The molecule has 9 nitrogen and oxygen atoms in total. The van der Waals surface area contributed by atoms with Crippen molar-refractivity contribution >= 4 is 35.3 Å². The highest BCUT2D eigenvalue weighted by molar-refractivity contribution is 7.99. The number of ether oxygens (including phenoxy) is 1. The van der Waals surface area contributed by atoms with Crippen LogP contribution in [0.3, 0.4) is 0 Å². The van der Waals surface area contributed by atoms with Crippen molar-refractivity contribution in [3.63, 3.8) is 0 Å². The van der Waals surface area contributed by atoms with Gasteiger partial charge in [0.1, 0.15) is 17.6 Å². The standard InChI is InChI=1S/C29H38FN7O2S/c1-20(2)18-25(26(38)31-14-17-37-15-5-4-6-16-37)33-28-34-27(32-22-9-7-8-21(30)19-22)35-29(36-28)40-24-12-10-23(39-3)11-13-24/h7-13,19-20,25H,4-6,14-18H2,1-3H3,(H,31,38)(H2,32,33,34,35,36)/t25-/m0/s1. The summed E-state index contributed by atoms with van der Waals surface area (Å²) in [5, 5.41) is 9.83. The number of piperidine rings is 1. The summed E-state index contributed by atoms with van der Waals surface area (Å²) in [4.78, 5) is 30.2. The first-order valence-electron chi connectivity index (χ1n) is 13.7. The fraction of sp³-hybridized carbons (Fsp3) is 0.448. The van der Waals surface area contributed by atoms with Crippen LogP contribution in [-0.2, 0) is 4.79 Å². The number of carbonyl (C=O) groups is 1. The van der Waals surface area contributed by atoms with E-state index in [4.69, 9.17) is 4.74 Å². The Labute approximate surface area is 239 Å². The molecule has 0 radical (unpaired) electrons. The number of carbonyl (C=O) groups excluding carboxylic acids is 1. The molecule has 0 aliphatic carbocycles. The number of anilines is 3. The summed E-state index contributed by atoms with van der Waals surface area (Å²) in [5.74, 6) is 1.07. The number of likely N-dealkylation sites (tertiary alicyclic amines) is 1. The molecule has 11 heteroatoms. The Hall–Kier alpha value is -3.44. The third-order valence-electron chi connectivity index (χ3n) is 6.47. The summed E-state index contributed by atoms with van der Waals surface area (Å²) in [5.41, 5.74) is 0.506. The van der Waals surface area contributed by atoms with E-state index < -0.39 is 6.04 Å². The maximum absolute atomic E-state index is 13.8. The van der Waals surface area contributed by atoms with Crippen molar-refractivity contribution in [3.8, 4) is 5.75 Å². The van der Waals surface area contributed by atoms with Gasteiger partial charge in [-0.25, -0.2) is 4.39 Å². The maximum atomic E-state index is 13.8. The fourth-order valence-electron chi connectivity index (χ4n) is 4.47. The van der Waals surface area contributed by atoms with Gasteiger partial charge in [-0.15, -0.1) is 0 Å². The van der Waals surface area contributed by atoms with E-state index in [0.717, 1.165) is 30.3 Å². The predicted octanol–water partition coefficient (Wildman–Crippen LogP) is 5.34. The van der Waals surface area contributed by atoms with E-state index in [-0.39, 0.29) is 29.5 Å². The molecule has 1 fully saturated rings. The van der Waals surface area contributed by atoms with Crippen LogP contribution in [0.15, 0.2) is 58.6 Å². The normalized spacial score (nSPS) is 14.5. The smallest absolute Gasteiger partial charge is 0.242 e. The van der Waals surface area contributed by atoms with E-state index in [0.29, 0.717) is 23.8 Å². The minimum Gasteiger partial charge on any atom is -0.497 e. The Kier molecular flexibility index (Phi) is 10.9. The summed E-state index contributed by atoms with van der Waals surface area (Å²) < 4.78 is 19.1. The quantitative estimate of drug-likeness (QED) is 0.252. The molecule has 1 amide bonds. The van der Waals surface area contributed by atoms with Crippen molar-refractivity contribution in [3.05, 3.63) is 54.3 Å². The van der Waals surface area contributed by atoms with Crippen molar-refractivity contribution in [2.45, 2.75) is 55.6 Å². The molecule has 0 saturated carbocycles. The summed E-state index contributed by atoms with van der Waals surface area (Å²) in [6, 6.07) is 13.1. The predicted molar refractivity (Wildman–Crippen MR) is 157 cm³/mol. The molecule has 40 heavy (non-hydrogen) atoms. The van der Waals surface area contributed by atoms with E-state index in [1.54, 1.807) is 19.2 Å². The lowest BCUT2D eigenvalue weighted by Gasteiger charge is -2.27. The SMILES string of the molecule is COc1ccc(Sc2nc(Nc3cccc(F)c3)nc(N[C@@H](CC(C)C)C(=O)NCCN3CCCCC3)n2)cc1. The number of hydrogen-bond donors (Lipinski definition) is 3. The third-order valence-corrected chi connectivity index (χ3v) is 7.34. The average molecular weight is 568 g/mol. The van der Waals surface area contributed by atoms with E-state index >= 15 is 0 Å². The molecule has 2 heterocycles. The molecule has 2 aromatic carbocycles. The second kappa shape index (κ2) is 14.8. The highest BCUT2D eigenvalue weighted by Crippen LogP contribution is 2.28. The van der Waals surface area contributed by atoms with Crippen molar-refractivity contribution in [2.75, 3.05) is 43.9 Å². The zero-order valence-electron chi connectivity index (χ0n) is 23.3. The van der Waals surface area contributed by atoms with E-state index in [2.05, 4.69) is 49.6 Å². The molecular weight excluding hydrogens is 529 g/mol. The van der Waals surface area contributed by atoms with Crippen LogP contribution >= 0.6 is 11.8 Å². The van der Waals surface area contributed by atoms with Gasteiger partial charge in [0.2, 0.25) is 17.8 Å². The minimum absolute atomic E-state index is 0.0879. The van der Waals surface area contributed by atoms with Gasteiger partial charge >= 0.3 is 0 Å². The van der Waals surface area contributed by atoms with Crippen LogP contribution in [0, 0.1) is 11.7 Å². The van der Waals surface area contributed by atoms with Crippen LogP contribution in [-0.4, -0.2) is 65.1 Å². The molecule has 4 rings (SSSR count). The highest BCUT2D eigenvalue weighted by atomic mass is 32.2. The molecule has 1 aliphatic rings. The van der Waals surface area contributed by atoms with E-state index in [9.17, 15) is 9.18 Å². The van der Waals surface area contributed by atoms with Gasteiger partial charge < -0.3 is 25.6 Å². The number of aromatic nitrogens is 3. The molecule has 1 aliphatic heterocycles. The minimum atomic E-state index is -0.524. The van der Waals surface area contributed by atoms with Gasteiger partial charge in [0.15, 0.2) is 5.16 Å².